The van der Waals surface area contributed by atoms with Crippen molar-refractivity contribution in [2.75, 3.05) is 26.4 Å². The predicted molar refractivity (Wildman–Crippen MR) is 81.7 cm³/mol. The number of aliphatic hydroxyl groups is 1. The summed E-state index contributed by atoms with van der Waals surface area (Å²) in [7, 11) is 0. The number of benzene rings is 1. The molecule has 2 heterocycles. The lowest BCUT2D eigenvalue weighted by atomic mass is 9.93. The Hall–Kier alpha value is -1.10. The average Bonchev–Trinajstić information content (AvgIpc) is 2.96. The van der Waals surface area contributed by atoms with E-state index >= 15 is 0 Å². The molecular formula is C17H25NO3. The summed E-state index contributed by atoms with van der Waals surface area (Å²) in [6, 6.07) is 6.74. The fraction of sp³-hybridized carbons (Fsp3) is 0.647. The molecule has 0 saturated carbocycles. The Morgan fingerprint density at radius 3 is 2.86 bits per heavy atom. The molecule has 1 unspecified atom stereocenters. The summed E-state index contributed by atoms with van der Waals surface area (Å²) in [6.07, 6.45) is 3.44. The Balaban J connectivity index is 1.64. The topological polar surface area (TPSA) is 50.7 Å². The van der Waals surface area contributed by atoms with E-state index in [1.807, 2.05) is 0 Å². The van der Waals surface area contributed by atoms with Crippen molar-refractivity contribution in [3.8, 4) is 5.75 Å². The zero-order chi connectivity index (χ0) is 14.7. The van der Waals surface area contributed by atoms with Crippen LogP contribution in [-0.2, 0) is 11.2 Å². The van der Waals surface area contributed by atoms with Gasteiger partial charge >= 0.3 is 0 Å². The van der Waals surface area contributed by atoms with Gasteiger partial charge in [-0.05, 0) is 23.6 Å². The van der Waals surface area contributed by atoms with Gasteiger partial charge in [0, 0.05) is 45.1 Å². The maximum atomic E-state index is 10.6. The summed E-state index contributed by atoms with van der Waals surface area (Å²) in [5.41, 5.74) is 1.97. The average molecular weight is 291 g/mol. The Kier molecular flexibility index (Phi) is 4.48. The van der Waals surface area contributed by atoms with Crippen LogP contribution in [-0.4, -0.2) is 37.1 Å². The second-order valence-corrected chi connectivity index (χ2v) is 6.14. The minimum atomic E-state index is -0.620. The molecule has 2 N–H and O–H groups in total. The lowest BCUT2D eigenvalue weighted by Gasteiger charge is -2.33. The minimum absolute atomic E-state index is 0.280. The van der Waals surface area contributed by atoms with Gasteiger partial charge in [0.2, 0.25) is 0 Å². The number of ether oxygens (including phenoxy) is 2. The molecule has 1 aromatic rings. The molecule has 4 nitrogen and oxygen atoms in total. The van der Waals surface area contributed by atoms with E-state index in [1.165, 1.54) is 11.1 Å². The van der Waals surface area contributed by atoms with Gasteiger partial charge in [-0.25, -0.2) is 0 Å². The van der Waals surface area contributed by atoms with Crippen molar-refractivity contribution in [3.05, 3.63) is 29.3 Å². The van der Waals surface area contributed by atoms with Crippen molar-refractivity contribution < 1.29 is 14.6 Å². The largest absolute Gasteiger partial charge is 0.493 e. The lowest BCUT2D eigenvalue weighted by molar-refractivity contribution is -0.0628. The number of fused-ring (bicyclic) bond motifs is 1. The van der Waals surface area contributed by atoms with Crippen LogP contribution in [0.2, 0.25) is 0 Å². The van der Waals surface area contributed by atoms with Crippen LogP contribution in [0.4, 0.5) is 0 Å². The van der Waals surface area contributed by atoms with Gasteiger partial charge in [0.05, 0.1) is 12.2 Å². The van der Waals surface area contributed by atoms with Gasteiger partial charge < -0.3 is 19.9 Å². The van der Waals surface area contributed by atoms with Crippen molar-refractivity contribution >= 4 is 0 Å². The highest BCUT2D eigenvalue weighted by molar-refractivity contribution is 5.40. The molecule has 116 valence electrons. The van der Waals surface area contributed by atoms with Crippen molar-refractivity contribution in [1.82, 2.24) is 5.32 Å². The molecule has 4 heteroatoms. The number of nitrogens with one attached hydrogen (secondary N) is 1. The third-order valence-electron chi connectivity index (χ3n) is 4.63. The van der Waals surface area contributed by atoms with Gasteiger partial charge in [0.25, 0.3) is 0 Å². The first-order chi connectivity index (χ1) is 10.2. The molecule has 0 radical (unpaired) electrons. The lowest BCUT2D eigenvalue weighted by Crippen LogP contribution is -2.45. The second kappa shape index (κ2) is 6.34. The molecule has 1 saturated heterocycles. The summed E-state index contributed by atoms with van der Waals surface area (Å²) >= 11 is 0. The van der Waals surface area contributed by atoms with Gasteiger partial charge in [0.1, 0.15) is 5.75 Å². The molecule has 1 fully saturated rings. The molecule has 0 amide bonds. The molecule has 21 heavy (non-hydrogen) atoms. The van der Waals surface area contributed by atoms with Gasteiger partial charge in [-0.2, -0.15) is 0 Å². The van der Waals surface area contributed by atoms with Crippen LogP contribution >= 0.6 is 0 Å². The summed E-state index contributed by atoms with van der Waals surface area (Å²) < 4.78 is 10.9. The zero-order valence-corrected chi connectivity index (χ0v) is 12.7. The van der Waals surface area contributed by atoms with E-state index in [1.54, 1.807) is 0 Å². The minimum Gasteiger partial charge on any atom is -0.493 e. The standard InChI is InChI=1S/C17H25NO3/c1-2-15(18-12-17(19)6-9-20-10-7-17)13-3-4-16-14(11-13)5-8-21-16/h3-4,11,15,18-19H,2,5-10,12H2,1H3. The Morgan fingerprint density at radius 1 is 1.29 bits per heavy atom. The molecule has 0 bridgehead atoms. The quantitative estimate of drug-likeness (QED) is 0.873. The van der Waals surface area contributed by atoms with Crippen LogP contribution in [0.25, 0.3) is 0 Å². The third-order valence-corrected chi connectivity index (χ3v) is 4.63. The van der Waals surface area contributed by atoms with Crippen LogP contribution in [0.5, 0.6) is 5.75 Å². The molecule has 3 rings (SSSR count). The summed E-state index contributed by atoms with van der Waals surface area (Å²) in [5, 5.41) is 14.1. The smallest absolute Gasteiger partial charge is 0.122 e. The van der Waals surface area contributed by atoms with E-state index in [2.05, 4.69) is 30.4 Å². The van der Waals surface area contributed by atoms with Crippen molar-refractivity contribution in [2.45, 2.75) is 44.2 Å². The Labute approximate surface area is 126 Å². The van der Waals surface area contributed by atoms with E-state index in [4.69, 9.17) is 9.47 Å². The first kappa shape index (κ1) is 14.8. The first-order valence-electron chi connectivity index (χ1n) is 7.99. The highest BCUT2D eigenvalue weighted by atomic mass is 16.5. The molecule has 1 aromatic carbocycles. The maximum absolute atomic E-state index is 10.6. The van der Waals surface area contributed by atoms with Crippen LogP contribution in [0.1, 0.15) is 43.4 Å². The summed E-state index contributed by atoms with van der Waals surface area (Å²) in [4.78, 5) is 0. The fourth-order valence-electron chi connectivity index (χ4n) is 3.16. The second-order valence-electron chi connectivity index (χ2n) is 6.14. The van der Waals surface area contributed by atoms with Crippen molar-refractivity contribution in [3.63, 3.8) is 0 Å². The van der Waals surface area contributed by atoms with Crippen LogP contribution in [0.15, 0.2) is 18.2 Å². The summed E-state index contributed by atoms with van der Waals surface area (Å²) in [5.74, 6) is 1.02. The van der Waals surface area contributed by atoms with Gasteiger partial charge in [-0.3, -0.25) is 0 Å². The van der Waals surface area contributed by atoms with Gasteiger partial charge in [0.15, 0.2) is 0 Å². The molecule has 2 aliphatic heterocycles. The predicted octanol–water partition coefficient (Wildman–Crippen LogP) is 2.20. The number of rotatable bonds is 5. The van der Waals surface area contributed by atoms with E-state index in [-0.39, 0.29) is 6.04 Å². The normalized spacial score (nSPS) is 21.6. The number of hydrogen-bond acceptors (Lipinski definition) is 4. The van der Waals surface area contributed by atoms with Gasteiger partial charge in [-0.15, -0.1) is 0 Å². The SMILES string of the molecule is CCC(NCC1(O)CCOCC1)c1ccc2c(c1)CCO2. The molecule has 1 atom stereocenters. The molecule has 2 aliphatic rings. The Bertz CT molecular complexity index is 483. The van der Waals surface area contributed by atoms with Gasteiger partial charge in [-0.1, -0.05) is 19.1 Å². The monoisotopic (exact) mass is 291 g/mol. The molecule has 0 aliphatic carbocycles. The van der Waals surface area contributed by atoms with Crippen molar-refractivity contribution in [2.24, 2.45) is 0 Å². The molecule has 0 aromatic heterocycles. The third kappa shape index (κ3) is 3.39. The first-order valence-corrected chi connectivity index (χ1v) is 7.99. The molecule has 0 spiro atoms. The van der Waals surface area contributed by atoms with E-state index in [9.17, 15) is 5.11 Å². The van der Waals surface area contributed by atoms with Crippen molar-refractivity contribution in [1.29, 1.82) is 0 Å². The highest BCUT2D eigenvalue weighted by Crippen LogP contribution is 2.29. The Morgan fingerprint density at radius 2 is 2.10 bits per heavy atom. The zero-order valence-electron chi connectivity index (χ0n) is 12.7. The van der Waals surface area contributed by atoms with Crippen LogP contribution in [0.3, 0.4) is 0 Å². The fourth-order valence-corrected chi connectivity index (χ4v) is 3.16. The molecular weight excluding hydrogens is 266 g/mol. The van der Waals surface area contributed by atoms with E-state index in [0.29, 0.717) is 32.6 Å². The van der Waals surface area contributed by atoms with E-state index in [0.717, 1.165) is 25.2 Å². The van der Waals surface area contributed by atoms with Crippen LogP contribution in [0, 0.1) is 0 Å². The highest BCUT2D eigenvalue weighted by Gasteiger charge is 2.30. The van der Waals surface area contributed by atoms with E-state index < -0.39 is 5.60 Å². The van der Waals surface area contributed by atoms with Crippen LogP contribution < -0.4 is 10.1 Å². The number of hydrogen-bond donors (Lipinski definition) is 2. The summed E-state index contributed by atoms with van der Waals surface area (Å²) in [6.45, 7) is 4.91. The maximum Gasteiger partial charge on any atom is 0.122 e.